The summed E-state index contributed by atoms with van der Waals surface area (Å²) in [6.07, 6.45) is 7.55. The number of benzene rings is 1. The summed E-state index contributed by atoms with van der Waals surface area (Å²) in [5.74, 6) is -1.00. The van der Waals surface area contributed by atoms with Crippen LogP contribution in [0.3, 0.4) is 0 Å². The lowest BCUT2D eigenvalue weighted by Gasteiger charge is -2.40. The lowest BCUT2D eigenvalue weighted by molar-refractivity contribution is -0.390. The van der Waals surface area contributed by atoms with E-state index in [1.54, 1.807) is 0 Å². The molecular formula is C23H33NO4. The van der Waals surface area contributed by atoms with Crippen molar-refractivity contribution >= 4 is 6.08 Å². The van der Waals surface area contributed by atoms with Crippen molar-refractivity contribution in [3.8, 4) is 0 Å². The third kappa shape index (κ3) is 4.19. The number of aliphatic hydroxyl groups is 1. The molecule has 2 bridgehead atoms. The average molecular weight is 388 g/mol. The molecule has 1 N–H and O–H groups in total. The Hall–Kier alpha value is -1.24. The number of nitrogens with zero attached hydrogens (tertiary/aromatic N) is 1. The molecule has 5 heteroatoms. The van der Waals surface area contributed by atoms with Crippen LogP contribution in [0.1, 0.15) is 45.1 Å². The maximum Gasteiger partial charge on any atom is 0.286 e. The highest BCUT2D eigenvalue weighted by molar-refractivity contribution is 5.48. The molecule has 1 aromatic rings. The van der Waals surface area contributed by atoms with E-state index < -0.39 is 12.1 Å². The Labute approximate surface area is 168 Å². The van der Waals surface area contributed by atoms with E-state index in [0.29, 0.717) is 19.6 Å². The zero-order valence-electron chi connectivity index (χ0n) is 17.0. The second-order valence-corrected chi connectivity index (χ2v) is 8.76. The van der Waals surface area contributed by atoms with Crippen LogP contribution in [0.5, 0.6) is 0 Å². The highest BCUT2D eigenvalue weighted by atomic mass is 16.9. The molecule has 28 heavy (non-hydrogen) atoms. The van der Waals surface area contributed by atoms with Crippen molar-refractivity contribution in [2.75, 3.05) is 26.3 Å². The molecule has 154 valence electrons. The van der Waals surface area contributed by atoms with Gasteiger partial charge in [-0.15, -0.1) is 0 Å². The number of aliphatic hydroxyl groups excluding tert-OH is 1. The third-order valence-electron chi connectivity index (χ3n) is 6.41. The smallest absolute Gasteiger partial charge is 0.286 e. The van der Waals surface area contributed by atoms with Gasteiger partial charge in [0.25, 0.3) is 5.97 Å². The largest absolute Gasteiger partial charge is 0.391 e. The van der Waals surface area contributed by atoms with Crippen LogP contribution in [-0.2, 0) is 14.2 Å². The van der Waals surface area contributed by atoms with Gasteiger partial charge in [0.15, 0.2) is 0 Å². The van der Waals surface area contributed by atoms with Crippen molar-refractivity contribution in [1.29, 1.82) is 0 Å². The van der Waals surface area contributed by atoms with Gasteiger partial charge in [0, 0.05) is 24.9 Å². The Morgan fingerprint density at radius 2 is 2.11 bits per heavy atom. The lowest BCUT2D eigenvalue weighted by Crippen LogP contribution is -2.50. The molecule has 3 fully saturated rings. The molecule has 0 aromatic heterocycles. The standard InChI is InChI=1S/C23H33NO4/c1-18(23-26-15-12-22(2,28-23)17-27-23)16-21(25)20-11-7-14-24(20)13-6-10-19-8-4-3-5-9-19/h3-6,8-10,18,20-21,25H,7,11-17H2,1-2H3/b10-6+/t18-,20-,21-,22?,23?/m0/s1. The summed E-state index contributed by atoms with van der Waals surface area (Å²) in [5, 5.41) is 11.0. The van der Waals surface area contributed by atoms with Gasteiger partial charge in [-0.3, -0.25) is 4.90 Å². The first kappa shape index (κ1) is 20.0. The summed E-state index contributed by atoms with van der Waals surface area (Å²) < 4.78 is 18.0. The molecule has 0 aliphatic carbocycles. The fourth-order valence-corrected chi connectivity index (χ4v) is 4.71. The van der Waals surface area contributed by atoms with Gasteiger partial charge in [-0.1, -0.05) is 49.4 Å². The van der Waals surface area contributed by atoms with E-state index >= 15 is 0 Å². The minimum absolute atomic E-state index is 0.0214. The highest BCUT2D eigenvalue weighted by Gasteiger charge is 2.56. The van der Waals surface area contributed by atoms with E-state index in [-0.39, 0.29) is 17.6 Å². The molecular weight excluding hydrogens is 354 g/mol. The molecule has 3 heterocycles. The summed E-state index contributed by atoms with van der Waals surface area (Å²) in [6.45, 7) is 7.25. The monoisotopic (exact) mass is 387 g/mol. The van der Waals surface area contributed by atoms with Crippen molar-refractivity contribution in [1.82, 2.24) is 4.90 Å². The molecule has 3 saturated heterocycles. The predicted octanol–water partition coefficient (Wildman–Crippen LogP) is 3.43. The Kier molecular flexibility index (Phi) is 5.91. The maximum atomic E-state index is 11.0. The van der Waals surface area contributed by atoms with Crippen LogP contribution in [0.2, 0.25) is 0 Å². The minimum Gasteiger partial charge on any atom is -0.391 e. The topological polar surface area (TPSA) is 51.2 Å². The molecule has 0 radical (unpaired) electrons. The third-order valence-corrected chi connectivity index (χ3v) is 6.41. The van der Waals surface area contributed by atoms with Crippen LogP contribution in [0.15, 0.2) is 36.4 Å². The van der Waals surface area contributed by atoms with E-state index in [0.717, 1.165) is 32.4 Å². The Morgan fingerprint density at radius 3 is 2.93 bits per heavy atom. The van der Waals surface area contributed by atoms with Gasteiger partial charge in [-0.2, -0.15) is 0 Å². The molecule has 4 rings (SSSR count). The van der Waals surface area contributed by atoms with Crippen LogP contribution in [0.4, 0.5) is 0 Å². The second-order valence-electron chi connectivity index (χ2n) is 8.76. The van der Waals surface area contributed by atoms with E-state index in [2.05, 4.69) is 43.0 Å². The zero-order chi connectivity index (χ0) is 19.6. The van der Waals surface area contributed by atoms with Crippen molar-refractivity contribution < 1.29 is 19.3 Å². The summed E-state index contributed by atoms with van der Waals surface area (Å²) >= 11 is 0. The summed E-state index contributed by atoms with van der Waals surface area (Å²) in [5.41, 5.74) is 0.957. The fraction of sp³-hybridized carbons (Fsp3) is 0.652. The number of rotatable bonds is 7. The zero-order valence-corrected chi connectivity index (χ0v) is 17.0. The van der Waals surface area contributed by atoms with E-state index in [1.165, 1.54) is 5.56 Å². The molecule has 5 atom stereocenters. The highest BCUT2D eigenvalue weighted by Crippen LogP contribution is 2.45. The quantitative estimate of drug-likeness (QED) is 0.777. The molecule has 2 unspecified atom stereocenters. The number of ether oxygens (including phenoxy) is 3. The number of likely N-dealkylation sites (tertiary alicyclic amines) is 1. The number of hydrogen-bond donors (Lipinski definition) is 1. The number of fused-ring (bicyclic) bond motifs is 2. The van der Waals surface area contributed by atoms with Crippen molar-refractivity contribution in [3.05, 3.63) is 42.0 Å². The first-order valence-corrected chi connectivity index (χ1v) is 10.6. The SMILES string of the molecule is C[C@@H](C[C@H](O)[C@@H]1CCCN1C/C=C/c1ccccc1)C12OCCC(C)(CO1)O2. The second kappa shape index (κ2) is 8.25. The molecule has 3 aliphatic heterocycles. The van der Waals surface area contributed by atoms with Crippen LogP contribution in [-0.4, -0.2) is 60.0 Å². The summed E-state index contributed by atoms with van der Waals surface area (Å²) in [6, 6.07) is 10.5. The van der Waals surface area contributed by atoms with Gasteiger partial charge in [0.1, 0.15) is 0 Å². The van der Waals surface area contributed by atoms with Crippen molar-refractivity contribution in [3.63, 3.8) is 0 Å². The fourth-order valence-electron chi connectivity index (χ4n) is 4.71. The summed E-state index contributed by atoms with van der Waals surface area (Å²) in [4.78, 5) is 2.39. The van der Waals surface area contributed by atoms with Gasteiger partial charge < -0.3 is 19.3 Å². The number of hydrogen-bond acceptors (Lipinski definition) is 5. The van der Waals surface area contributed by atoms with Gasteiger partial charge in [0.2, 0.25) is 0 Å². The Morgan fingerprint density at radius 1 is 1.29 bits per heavy atom. The van der Waals surface area contributed by atoms with Crippen molar-refractivity contribution in [2.24, 2.45) is 5.92 Å². The van der Waals surface area contributed by atoms with Crippen LogP contribution in [0, 0.1) is 5.92 Å². The minimum atomic E-state index is -0.982. The van der Waals surface area contributed by atoms with Gasteiger partial charge in [0.05, 0.1) is 24.9 Å². The van der Waals surface area contributed by atoms with Crippen LogP contribution < -0.4 is 0 Å². The molecule has 1 aromatic carbocycles. The lowest BCUT2D eigenvalue weighted by atomic mass is 9.94. The van der Waals surface area contributed by atoms with Gasteiger partial charge >= 0.3 is 0 Å². The van der Waals surface area contributed by atoms with Crippen molar-refractivity contribution in [2.45, 2.75) is 63.3 Å². The average Bonchev–Trinajstić information content (AvgIpc) is 3.25. The van der Waals surface area contributed by atoms with Crippen LogP contribution in [0.25, 0.3) is 6.08 Å². The van der Waals surface area contributed by atoms with E-state index in [4.69, 9.17) is 14.2 Å². The van der Waals surface area contributed by atoms with E-state index in [1.807, 2.05) is 18.2 Å². The van der Waals surface area contributed by atoms with E-state index in [9.17, 15) is 5.11 Å². The first-order valence-electron chi connectivity index (χ1n) is 10.6. The molecule has 3 aliphatic rings. The Balaban J connectivity index is 1.33. The normalized spacial score (nSPS) is 35.5. The molecule has 0 amide bonds. The van der Waals surface area contributed by atoms with Gasteiger partial charge in [-0.05, 0) is 38.3 Å². The Bertz CT molecular complexity index is 680. The summed E-state index contributed by atoms with van der Waals surface area (Å²) in [7, 11) is 0. The van der Waals surface area contributed by atoms with Crippen LogP contribution >= 0.6 is 0 Å². The molecule has 0 spiro atoms. The van der Waals surface area contributed by atoms with Gasteiger partial charge in [-0.25, -0.2) is 0 Å². The molecule has 5 nitrogen and oxygen atoms in total. The first-order chi connectivity index (χ1) is 13.5. The predicted molar refractivity (Wildman–Crippen MR) is 109 cm³/mol. The maximum absolute atomic E-state index is 11.0. The molecule has 0 saturated carbocycles.